The Hall–Kier alpha value is -1.31. The molecule has 0 saturated carbocycles. The van der Waals surface area contributed by atoms with Gasteiger partial charge in [-0.05, 0) is 74.0 Å². The van der Waals surface area contributed by atoms with Crippen molar-refractivity contribution in [2.75, 3.05) is 6.54 Å². The van der Waals surface area contributed by atoms with Gasteiger partial charge < -0.3 is 4.74 Å². The molecule has 0 aromatic heterocycles. The van der Waals surface area contributed by atoms with Crippen LogP contribution in [0.5, 0.6) is 0 Å². The van der Waals surface area contributed by atoms with E-state index < -0.39 is 11.7 Å². The molecule has 1 N–H and O–H groups in total. The zero-order valence-electron chi connectivity index (χ0n) is 12.8. The van der Waals surface area contributed by atoms with Gasteiger partial charge in [0.1, 0.15) is 5.60 Å². The molecule has 0 fully saturated rings. The molecule has 0 aliphatic carbocycles. The molecule has 0 unspecified atom stereocenters. The number of rotatable bonds is 3. The first-order chi connectivity index (χ1) is 9.73. The average Bonchev–Trinajstić information content (AvgIpc) is 2.36. The molecule has 2 amide bonds. The Bertz CT molecular complexity index is 495. The third-order valence-corrected chi connectivity index (χ3v) is 3.12. The molecule has 0 radical (unpaired) electrons. The first kappa shape index (κ1) is 17.7. The van der Waals surface area contributed by atoms with Gasteiger partial charge in [-0.25, -0.2) is 9.80 Å². The maximum absolute atomic E-state index is 12.1. The fourth-order valence-corrected chi connectivity index (χ4v) is 1.88. The monoisotopic (exact) mass is 404 g/mol. The maximum Gasteiger partial charge on any atom is 0.429 e. The number of nitrogens with one attached hydrogen (secondary N) is 1. The maximum atomic E-state index is 12.1. The Morgan fingerprint density at radius 2 is 1.81 bits per heavy atom. The highest BCUT2D eigenvalue weighted by Crippen LogP contribution is 2.10. The van der Waals surface area contributed by atoms with Crippen LogP contribution in [0.4, 0.5) is 4.79 Å². The van der Waals surface area contributed by atoms with E-state index in [0.29, 0.717) is 18.5 Å². The van der Waals surface area contributed by atoms with Gasteiger partial charge >= 0.3 is 6.09 Å². The summed E-state index contributed by atoms with van der Waals surface area (Å²) in [5.74, 6) is -0.328. The zero-order valence-corrected chi connectivity index (χ0v) is 14.9. The highest BCUT2D eigenvalue weighted by Gasteiger charge is 2.23. The van der Waals surface area contributed by atoms with Gasteiger partial charge in [0, 0.05) is 15.7 Å². The van der Waals surface area contributed by atoms with E-state index in [9.17, 15) is 9.59 Å². The molecular weight excluding hydrogens is 383 g/mol. The predicted octanol–water partition coefficient (Wildman–Crippen LogP) is 3.58. The van der Waals surface area contributed by atoms with Crippen LogP contribution in [0.3, 0.4) is 0 Å². The lowest BCUT2D eigenvalue weighted by Gasteiger charge is -2.27. The Morgan fingerprint density at radius 1 is 1.24 bits per heavy atom. The number of hydrogen-bond donors (Lipinski definition) is 1. The quantitative estimate of drug-likeness (QED) is 0.619. The van der Waals surface area contributed by atoms with Crippen molar-refractivity contribution in [3.05, 3.63) is 33.4 Å². The number of ether oxygens (including phenoxy) is 1. The Labute approximate surface area is 139 Å². The van der Waals surface area contributed by atoms with Crippen LogP contribution in [0.15, 0.2) is 24.3 Å². The largest absolute Gasteiger partial charge is 0.442 e. The fourth-order valence-electron chi connectivity index (χ4n) is 1.52. The minimum absolute atomic E-state index is 0.328. The fraction of sp³-hybridized carbons (Fsp3) is 0.467. The summed E-state index contributed by atoms with van der Waals surface area (Å²) in [5, 5.41) is 1.21. The van der Waals surface area contributed by atoms with Crippen LogP contribution in [-0.2, 0) is 4.74 Å². The number of nitrogens with zero attached hydrogens (tertiary/aromatic N) is 1. The van der Waals surface area contributed by atoms with Crippen molar-refractivity contribution in [2.45, 2.75) is 39.7 Å². The standard InChI is InChI=1S/C15H21IN2O3/c1-5-10-18(14(20)21-15(2,3)4)17-13(19)11-6-8-12(16)9-7-11/h6-9H,5,10H2,1-4H3,(H,17,19). The smallest absolute Gasteiger partial charge is 0.429 e. The summed E-state index contributed by atoms with van der Waals surface area (Å²) in [5.41, 5.74) is 2.49. The number of halogens is 1. The lowest BCUT2D eigenvalue weighted by atomic mass is 10.2. The molecule has 0 saturated heterocycles. The van der Waals surface area contributed by atoms with Crippen molar-refractivity contribution in [2.24, 2.45) is 0 Å². The van der Waals surface area contributed by atoms with Crippen LogP contribution >= 0.6 is 22.6 Å². The minimum Gasteiger partial charge on any atom is -0.442 e. The highest BCUT2D eigenvalue weighted by molar-refractivity contribution is 14.1. The van der Waals surface area contributed by atoms with E-state index in [-0.39, 0.29) is 5.91 Å². The average molecular weight is 404 g/mol. The Balaban J connectivity index is 2.75. The number of amides is 2. The second-order valence-electron chi connectivity index (χ2n) is 5.58. The van der Waals surface area contributed by atoms with Gasteiger partial charge in [-0.15, -0.1) is 0 Å². The van der Waals surface area contributed by atoms with Gasteiger partial charge in [0.05, 0.1) is 0 Å². The molecule has 1 rings (SSSR count). The van der Waals surface area contributed by atoms with E-state index in [4.69, 9.17) is 4.74 Å². The molecule has 21 heavy (non-hydrogen) atoms. The molecule has 116 valence electrons. The molecule has 0 aliphatic rings. The number of hydrazine groups is 1. The molecule has 1 aromatic rings. The number of benzene rings is 1. The summed E-state index contributed by atoms with van der Waals surface area (Å²) in [6.07, 6.45) is 0.162. The van der Waals surface area contributed by atoms with Gasteiger partial charge in [-0.2, -0.15) is 0 Å². The molecular formula is C15H21IN2O3. The summed E-state index contributed by atoms with van der Waals surface area (Å²) in [4.78, 5) is 24.2. The lowest BCUT2D eigenvalue weighted by molar-refractivity contribution is 0.0133. The number of hydrogen-bond acceptors (Lipinski definition) is 3. The van der Waals surface area contributed by atoms with Crippen molar-refractivity contribution in [3.8, 4) is 0 Å². The van der Waals surface area contributed by atoms with Crippen LogP contribution < -0.4 is 5.43 Å². The van der Waals surface area contributed by atoms with E-state index in [1.807, 2.05) is 19.1 Å². The lowest BCUT2D eigenvalue weighted by Crippen LogP contribution is -2.48. The molecule has 1 aromatic carbocycles. The van der Waals surface area contributed by atoms with Crippen molar-refractivity contribution in [1.82, 2.24) is 10.4 Å². The second kappa shape index (κ2) is 7.63. The van der Waals surface area contributed by atoms with E-state index in [1.165, 1.54) is 5.01 Å². The predicted molar refractivity (Wildman–Crippen MR) is 89.9 cm³/mol. The number of carbonyl (C=O) groups is 2. The van der Waals surface area contributed by atoms with Gasteiger partial charge in [0.15, 0.2) is 0 Å². The van der Waals surface area contributed by atoms with Crippen LogP contribution in [0.1, 0.15) is 44.5 Å². The SMILES string of the molecule is CCCN(NC(=O)c1ccc(I)cc1)C(=O)OC(C)(C)C. The van der Waals surface area contributed by atoms with E-state index >= 15 is 0 Å². The normalized spacial score (nSPS) is 10.9. The molecule has 5 nitrogen and oxygen atoms in total. The summed E-state index contributed by atoms with van der Waals surface area (Å²) in [6, 6.07) is 7.12. The first-order valence-corrected chi connectivity index (χ1v) is 7.88. The van der Waals surface area contributed by atoms with Crippen molar-refractivity contribution in [1.29, 1.82) is 0 Å². The van der Waals surface area contributed by atoms with Crippen LogP contribution in [-0.4, -0.2) is 29.2 Å². The van der Waals surface area contributed by atoms with Crippen molar-refractivity contribution < 1.29 is 14.3 Å². The van der Waals surface area contributed by atoms with E-state index in [1.54, 1.807) is 32.9 Å². The molecule has 0 atom stereocenters. The Morgan fingerprint density at radius 3 is 2.29 bits per heavy atom. The van der Waals surface area contributed by atoms with Gasteiger partial charge in [0.2, 0.25) is 0 Å². The zero-order chi connectivity index (χ0) is 16.0. The van der Waals surface area contributed by atoms with E-state index in [0.717, 1.165) is 3.57 Å². The third kappa shape index (κ3) is 6.33. The highest BCUT2D eigenvalue weighted by atomic mass is 127. The molecule has 6 heteroatoms. The summed E-state index contributed by atoms with van der Waals surface area (Å²) in [7, 11) is 0. The number of carbonyl (C=O) groups excluding carboxylic acids is 2. The summed E-state index contributed by atoms with van der Waals surface area (Å²) in [6.45, 7) is 7.68. The van der Waals surface area contributed by atoms with Crippen LogP contribution in [0, 0.1) is 3.57 Å². The topological polar surface area (TPSA) is 58.6 Å². The summed E-state index contributed by atoms with van der Waals surface area (Å²) >= 11 is 2.17. The van der Waals surface area contributed by atoms with Gasteiger partial charge in [-0.3, -0.25) is 10.2 Å². The van der Waals surface area contributed by atoms with Crippen LogP contribution in [0.2, 0.25) is 0 Å². The van der Waals surface area contributed by atoms with Crippen LogP contribution in [0.25, 0.3) is 0 Å². The first-order valence-electron chi connectivity index (χ1n) is 6.80. The minimum atomic E-state index is -0.601. The molecule has 0 spiro atoms. The van der Waals surface area contributed by atoms with E-state index in [2.05, 4.69) is 28.0 Å². The second-order valence-corrected chi connectivity index (χ2v) is 6.83. The summed E-state index contributed by atoms with van der Waals surface area (Å²) < 4.78 is 6.32. The molecule has 0 aliphatic heterocycles. The molecule has 0 heterocycles. The van der Waals surface area contributed by atoms with Gasteiger partial charge in [-0.1, -0.05) is 6.92 Å². The van der Waals surface area contributed by atoms with Crippen molar-refractivity contribution in [3.63, 3.8) is 0 Å². The Kier molecular flexibility index (Phi) is 6.44. The third-order valence-electron chi connectivity index (χ3n) is 2.40. The van der Waals surface area contributed by atoms with Gasteiger partial charge in [0.25, 0.3) is 5.91 Å². The molecule has 0 bridgehead atoms. The van der Waals surface area contributed by atoms with Crippen molar-refractivity contribution >= 4 is 34.6 Å².